The van der Waals surface area contributed by atoms with Crippen LogP contribution in [0.15, 0.2) is 54.2 Å². The zero-order chi connectivity index (χ0) is 18.3. The van der Waals surface area contributed by atoms with Gasteiger partial charge >= 0.3 is 0 Å². The fourth-order valence-corrected chi connectivity index (χ4v) is 3.77. The van der Waals surface area contributed by atoms with Gasteiger partial charge in [-0.3, -0.25) is 9.59 Å². The van der Waals surface area contributed by atoms with Crippen LogP contribution >= 0.6 is 23.2 Å². The van der Waals surface area contributed by atoms with Gasteiger partial charge in [0.05, 0.1) is 21.3 Å². The molecule has 2 aromatic carbocycles. The first-order chi connectivity index (χ1) is 12.6. The second kappa shape index (κ2) is 6.78. The van der Waals surface area contributed by atoms with Crippen molar-refractivity contribution in [1.29, 1.82) is 0 Å². The van der Waals surface area contributed by atoms with E-state index in [9.17, 15) is 9.59 Å². The molecule has 0 aromatic heterocycles. The van der Waals surface area contributed by atoms with Crippen LogP contribution in [0.2, 0.25) is 10.0 Å². The normalized spacial score (nSPS) is 17.6. The average Bonchev–Trinajstić information content (AvgIpc) is 3.25. The van der Waals surface area contributed by atoms with Gasteiger partial charge < -0.3 is 4.90 Å². The summed E-state index contributed by atoms with van der Waals surface area (Å²) in [7, 11) is 0. The van der Waals surface area contributed by atoms with E-state index in [4.69, 9.17) is 23.2 Å². The third-order valence-corrected chi connectivity index (χ3v) is 5.44. The third kappa shape index (κ3) is 2.79. The van der Waals surface area contributed by atoms with E-state index in [0.717, 1.165) is 31.5 Å². The summed E-state index contributed by atoms with van der Waals surface area (Å²) in [6.45, 7) is 1.56. The quantitative estimate of drug-likeness (QED) is 0.735. The second-order valence-corrected chi connectivity index (χ2v) is 7.14. The fraction of sp³-hybridized carbons (Fsp3) is 0.200. The SMILES string of the molecule is O=C1C(c2ccccc2)=C(N2CCCC2)C(=O)N1c1ccc(Cl)c(Cl)c1. The molecule has 6 heteroatoms. The van der Waals surface area contributed by atoms with E-state index in [0.29, 0.717) is 27.0 Å². The number of nitrogens with zero attached hydrogens (tertiary/aromatic N) is 2. The molecular formula is C20H16Cl2N2O2. The number of likely N-dealkylation sites (tertiary alicyclic amines) is 1. The van der Waals surface area contributed by atoms with Crippen molar-refractivity contribution in [2.75, 3.05) is 18.0 Å². The lowest BCUT2D eigenvalue weighted by molar-refractivity contribution is -0.120. The van der Waals surface area contributed by atoms with Gasteiger partial charge in [-0.2, -0.15) is 0 Å². The van der Waals surface area contributed by atoms with Crippen molar-refractivity contribution in [3.05, 3.63) is 69.8 Å². The molecule has 1 saturated heterocycles. The first kappa shape index (κ1) is 17.1. The van der Waals surface area contributed by atoms with Crippen LogP contribution in [0.3, 0.4) is 0 Å². The molecule has 2 aliphatic rings. The number of carbonyl (C=O) groups excluding carboxylic acids is 2. The van der Waals surface area contributed by atoms with E-state index in [1.807, 2.05) is 35.2 Å². The molecule has 0 saturated carbocycles. The van der Waals surface area contributed by atoms with Gasteiger partial charge in [0.2, 0.25) is 0 Å². The van der Waals surface area contributed by atoms with Gasteiger partial charge in [-0.15, -0.1) is 0 Å². The monoisotopic (exact) mass is 386 g/mol. The summed E-state index contributed by atoms with van der Waals surface area (Å²) >= 11 is 12.1. The van der Waals surface area contributed by atoms with E-state index < -0.39 is 0 Å². The molecule has 0 spiro atoms. The molecule has 4 nitrogen and oxygen atoms in total. The molecular weight excluding hydrogens is 371 g/mol. The van der Waals surface area contributed by atoms with Gasteiger partial charge in [-0.1, -0.05) is 53.5 Å². The lowest BCUT2D eigenvalue weighted by atomic mass is 10.0. The molecule has 2 aliphatic heterocycles. The first-order valence-electron chi connectivity index (χ1n) is 8.46. The van der Waals surface area contributed by atoms with Crippen molar-refractivity contribution in [3.63, 3.8) is 0 Å². The number of halogens is 2. The number of imide groups is 1. The Balaban J connectivity index is 1.83. The van der Waals surface area contributed by atoms with Crippen molar-refractivity contribution in [2.24, 2.45) is 0 Å². The summed E-state index contributed by atoms with van der Waals surface area (Å²) in [6.07, 6.45) is 2.03. The highest BCUT2D eigenvalue weighted by atomic mass is 35.5. The van der Waals surface area contributed by atoms with E-state index in [2.05, 4.69) is 0 Å². The van der Waals surface area contributed by atoms with Crippen molar-refractivity contribution in [2.45, 2.75) is 12.8 Å². The Labute approximate surface area is 161 Å². The van der Waals surface area contributed by atoms with Crippen LogP contribution in [0, 0.1) is 0 Å². The molecule has 1 fully saturated rings. The summed E-state index contributed by atoms with van der Waals surface area (Å²) in [4.78, 5) is 29.6. The Morgan fingerprint density at radius 3 is 2.15 bits per heavy atom. The van der Waals surface area contributed by atoms with Crippen LogP contribution in [0.4, 0.5) is 5.69 Å². The predicted molar refractivity (Wildman–Crippen MR) is 103 cm³/mol. The van der Waals surface area contributed by atoms with E-state index in [1.54, 1.807) is 18.2 Å². The van der Waals surface area contributed by atoms with Crippen LogP contribution in [0.25, 0.3) is 5.57 Å². The molecule has 0 aliphatic carbocycles. The summed E-state index contributed by atoms with van der Waals surface area (Å²) < 4.78 is 0. The molecule has 2 amide bonds. The van der Waals surface area contributed by atoms with Crippen LogP contribution in [-0.2, 0) is 9.59 Å². The van der Waals surface area contributed by atoms with Gasteiger partial charge in [0.1, 0.15) is 5.70 Å². The molecule has 0 unspecified atom stereocenters. The Bertz CT molecular complexity index is 919. The summed E-state index contributed by atoms with van der Waals surface area (Å²) in [5, 5.41) is 0.686. The van der Waals surface area contributed by atoms with Crippen molar-refractivity contribution < 1.29 is 9.59 Å². The van der Waals surface area contributed by atoms with Crippen molar-refractivity contribution >= 4 is 46.3 Å². The van der Waals surface area contributed by atoms with Gasteiger partial charge in [-0.05, 0) is 36.6 Å². The minimum atomic E-state index is -0.332. The Morgan fingerprint density at radius 1 is 0.808 bits per heavy atom. The highest BCUT2D eigenvalue weighted by Crippen LogP contribution is 2.37. The maximum atomic E-state index is 13.2. The maximum Gasteiger partial charge on any atom is 0.282 e. The average molecular weight is 387 g/mol. The number of carbonyl (C=O) groups is 2. The molecule has 0 atom stereocenters. The highest BCUT2D eigenvalue weighted by Gasteiger charge is 2.43. The highest BCUT2D eigenvalue weighted by molar-refractivity contribution is 6.46. The lowest BCUT2D eigenvalue weighted by Crippen LogP contribution is -2.34. The zero-order valence-electron chi connectivity index (χ0n) is 13.9. The molecule has 2 aromatic rings. The predicted octanol–water partition coefficient (Wildman–Crippen LogP) is 4.37. The van der Waals surface area contributed by atoms with Crippen LogP contribution < -0.4 is 4.90 Å². The molecule has 2 heterocycles. The van der Waals surface area contributed by atoms with E-state index in [1.165, 1.54) is 4.90 Å². The Hall–Kier alpha value is -2.30. The topological polar surface area (TPSA) is 40.6 Å². The molecule has 4 rings (SSSR count). The van der Waals surface area contributed by atoms with Crippen molar-refractivity contribution in [1.82, 2.24) is 4.90 Å². The summed E-state index contributed by atoms with van der Waals surface area (Å²) in [5.74, 6) is -0.643. The number of rotatable bonds is 3. The minimum absolute atomic E-state index is 0.306. The molecule has 0 N–H and O–H groups in total. The van der Waals surface area contributed by atoms with Gasteiger partial charge in [0.15, 0.2) is 0 Å². The van der Waals surface area contributed by atoms with E-state index in [-0.39, 0.29) is 11.8 Å². The van der Waals surface area contributed by atoms with Gasteiger partial charge in [0, 0.05) is 13.1 Å². The first-order valence-corrected chi connectivity index (χ1v) is 9.22. The number of anilines is 1. The third-order valence-electron chi connectivity index (χ3n) is 4.71. The smallest absolute Gasteiger partial charge is 0.282 e. The standard InChI is InChI=1S/C20H16Cl2N2O2/c21-15-9-8-14(12-16(15)22)24-19(25)17(13-6-2-1-3-7-13)18(20(24)26)23-10-4-5-11-23/h1-3,6-9,12H,4-5,10-11H2. The number of benzene rings is 2. The maximum absolute atomic E-state index is 13.2. The Morgan fingerprint density at radius 2 is 1.50 bits per heavy atom. The van der Waals surface area contributed by atoms with E-state index >= 15 is 0 Å². The van der Waals surface area contributed by atoms with Gasteiger partial charge in [0.25, 0.3) is 11.8 Å². The molecule has 0 bridgehead atoms. The summed E-state index contributed by atoms with van der Waals surface area (Å²) in [5.41, 5.74) is 2.10. The van der Waals surface area contributed by atoms with Gasteiger partial charge in [-0.25, -0.2) is 4.90 Å². The fourth-order valence-electron chi connectivity index (χ4n) is 3.48. The summed E-state index contributed by atoms with van der Waals surface area (Å²) in [6, 6.07) is 14.1. The Kier molecular flexibility index (Phi) is 4.47. The lowest BCUT2D eigenvalue weighted by Gasteiger charge is -2.20. The van der Waals surface area contributed by atoms with Crippen LogP contribution in [0.1, 0.15) is 18.4 Å². The second-order valence-electron chi connectivity index (χ2n) is 6.33. The van der Waals surface area contributed by atoms with Crippen molar-refractivity contribution in [3.8, 4) is 0 Å². The molecule has 26 heavy (non-hydrogen) atoms. The van der Waals surface area contributed by atoms with Crippen LogP contribution in [0.5, 0.6) is 0 Å². The largest absolute Gasteiger partial charge is 0.366 e. The molecule has 132 valence electrons. The number of hydrogen-bond donors (Lipinski definition) is 0. The number of hydrogen-bond acceptors (Lipinski definition) is 3. The van der Waals surface area contributed by atoms with Crippen LogP contribution in [-0.4, -0.2) is 29.8 Å². The zero-order valence-corrected chi connectivity index (χ0v) is 15.4. The number of amides is 2. The molecule has 0 radical (unpaired) electrons. The minimum Gasteiger partial charge on any atom is -0.366 e.